The summed E-state index contributed by atoms with van der Waals surface area (Å²) in [5.41, 5.74) is 5.88. The van der Waals surface area contributed by atoms with Crippen LogP contribution in [0.25, 0.3) is 38.8 Å². The Kier molecular flexibility index (Phi) is 5.30. The van der Waals surface area contributed by atoms with Gasteiger partial charge >= 0.3 is 6.18 Å². The van der Waals surface area contributed by atoms with Crippen molar-refractivity contribution in [3.8, 4) is 22.3 Å². The molecule has 37 heavy (non-hydrogen) atoms. The number of aromatic nitrogens is 6. The lowest BCUT2D eigenvalue weighted by molar-refractivity contribution is -0.149. The maximum absolute atomic E-state index is 13.0. The van der Waals surface area contributed by atoms with Crippen LogP contribution in [0.3, 0.4) is 0 Å². The molecule has 12 heteroatoms. The lowest BCUT2D eigenvalue weighted by Gasteiger charge is -2.24. The van der Waals surface area contributed by atoms with Gasteiger partial charge in [0.1, 0.15) is 11.7 Å². The molecule has 0 radical (unpaired) electrons. The van der Waals surface area contributed by atoms with Crippen LogP contribution in [0.15, 0.2) is 49.2 Å². The van der Waals surface area contributed by atoms with Crippen molar-refractivity contribution >= 4 is 22.5 Å². The van der Waals surface area contributed by atoms with E-state index in [1.54, 1.807) is 12.3 Å². The minimum Gasteiger partial charge on any atom is -0.346 e. The van der Waals surface area contributed by atoms with Crippen LogP contribution < -0.4 is 5.32 Å². The molecule has 1 aliphatic heterocycles. The van der Waals surface area contributed by atoms with Crippen molar-refractivity contribution in [1.82, 2.24) is 39.6 Å². The number of carbonyl (C=O) groups is 1. The number of nitrogens with zero attached hydrogens (tertiary/aromatic N) is 6. The number of pyridine rings is 2. The molecule has 6 rings (SSSR count). The average Bonchev–Trinajstić information content (AvgIpc) is 3.58. The Balaban J connectivity index is 1.39. The summed E-state index contributed by atoms with van der Waals surface area (Å²) in [6.07, 6.45) is 3.93. The molecule has 0 unspecified atom stereocenters. The summed E-state index contributed by atoms with van der Waals surface area (Å²) in [5, 5.41) is 11.6. The third kappa shape index (κ3) is 4.02. The number of halogens is 3. The van der Waals surface area contributed by atoms with Gasteiger partial charge in [-0.3, -0.25) is 14.4 Å². The molecular formula is C25H23F3N8O. The highest BCUT2D eigenvalue weighted by Crippen LogP contribution is 2.33. The largest absolute Gasteiger partial charge is 0.408 e. The fraction of sp³-hybridized carbons (Fsp3) is 0.280. The summed E-state index contributed by atoms with van der Waals surface area (Å²) >= 11 is 0. The van der Waals surface area contributed by atoms with Gasteiger partial charge in [0.05, 0.1) is 35.7 Å². The van der Waals surface area contributed by atoms with E-state index < -0.39 is 18.1 Å². The monoisotopic (exact) mass is 508 g/mol. The molecule has 5 aromatic heterocycles. The Bertz CT molecular complexity index is 1650. The van der Waals surface area contributed by atoms with Crippen molar-refractivity contribution in [3.63, 3.8) is 0 Å². The fourth-order valence-corrected chi connectivity index (χ4v) is 4.68. The van der Waals surface area contributed by atoms with Gasteiger partial charge in [0.2, 0.25) is 0 Å². The van der Waals surface area contributed by atoms with E-state index in [0.29, 0.717) is 11.2 Å². The van der Waals surface area contributed by atoms with Gasteiger partial charge in [-0.1, -0.05) is 0 Å². The molecule has 5 aromatic rings. The van der Waals surface area contributed by atoms with Crippen LogP contribution in [0.2, 0.25) is 0 Å². The van der Waals surface area contributed by atoms with Crippen molar-refractivity contribution in [2.24, 2.45) is 0 Å². The molecule has 0 fully saturated rings. The quantitative estimate of drug-likeness (QED) is 0.384. The molecule has 190 valence electrons. The maximum Gasteiger partial charge on any atom is 0.408 e. The van der Waals surface area contributed by atoms with Gasteiger partial charge < -0.3 is 10.3 Å². The van der Waals surface area contributed by atoms with Crippen molar-refractivity contribution in [2.75, 3.05) is 13.6 Å². The first kappa shape index (κ1) is 23.2. The van der Waals surface area contributed by atoms with Crippen LogP contribution in [0.4, 0.5) is 13.2 Å². The molecular weight excluding hydrogens is 485 g/mol. The summed E-state index contributed by atoms with van der Waals surface area (Å²) in [6, 6.07) is 3.66. The Morgan fingerprint density at radius 1 is 1.11 bits per heavy atom. The van der Waals surface area contributed by atoms with Crippen LogP contribution in [-0.2, 0) is 13.1 Å². The molecule has 0 aliphatic carbocycles. The van der Waals surface area contributed by atoms with Crippen molar-refractivity contribution in [1.29, 1.82) is 0 Å². The number of H-pyrrole nitrogens is 1. The molecule has 0 bridgehead atoms. The second-order valence-corrected chi connectivity index (χ2v) is 9.33. The minimum absolute atomic E-state index is 0.0623. The van der Waals surface area contributed by atoms with Gasteiger partial charge in [-0.2, -0.15) is 23.4 Å². The Morgan fingerprint density at radius 3 is 2.76 bits per heavy atom. The summed E-state index contributed by atoms with van der Waals surface area (Å²) in [6.45, 7) is 3.48. The Morgan fingerprint density at radius 2 is 1.95 bits per heavy atom. The van der Waals surface area contributed by atoms with Gasteiger partial charge in [0.15, 0.2) is 0 Å². The molecule has 0 saturated carbocycles. The zero-order valence-electron chi connectivity index (χ0n) is 20.0. The number of hydrogen-bond donors (Lipinski definition) is 2. The van der Waals surface area contributed by atoms with Crippen LogP contribution in [0.1, 0.15) is 23.0 Å². The van der Waals surface area contributed by atoms with E-state index in [4.69, 9.17) is 0 Å². The second kappa shape index (κ2) is 8.44. The molecule has 0 aromatic carbocycles. The van der Waals surface area contributed by atoms with E-state index in [9.17, 15) is 18.0 Å². The smallest absolute Gasteiger partial charge is 0.346 e. The summed E-state index contributed by atoms with van der Waals surface area (Å²) in [7, 11) is 2.08. The highest BCUT2D eigenvalue weighted by atomic mass is 19.4. The highest BCUT2D eigenvalue weighted by Gasteiger charge is 2.37. The van der Waals surface area contributed by atoms with Crippen LogP contribution >= 0.6 is 0 Å². The lowest BCUT2D eigenvalue weighted by atomic mass is 10.0. The number of nitrogens with one attached hydrogen (secondary N) is 2. The molecule has 1 amide bonds. The number of rotatable bonds is 4. The first-order valence-electron chi connectivity index (χ1n) is 11.7. The van der Waals surface area contributed by atoms with E-state index >= 15 is 0 Å². The minimum atomic E-state index is -4.54. The zero-order valence-corrected chi connectivity index (χ0v) is 20.0. The second-order valence-electron chi connectivity index (χ2n) is 9.33. The number of aromatic amines is 1. The normalized spacial score (nSPS) is 15.3. The number of alkyl halides is 3. The molecule has 9 nitrogen and oxygen atoms in total. The van der Waals surface area contributed by atoms with Gasteiger partial charge in [0, 0.05) is 53.8 Å². The third-order valence-corrected chi connectivity index (χ3v) is 6.82. The van der Waals surface area contributed by atoms with Crippen molar-refractivity contribution < 1.29 is 18.0 Å². The average molecular weight is 509 g/mol. The number of fused-ring (bicyclic) bond motifs is 3. The van der Waals surface area contributed by atoms with Gasteiger partial charge in [-0.05, 0) is 37.7 Å². The molecule has 1 aliphatic rings. The topological polar surface area (TPSA) is 96.1 Å². The molecule has 0 spiro atoms. The lowest BCUT2D eigenvalue weighted by Crippen LogP contribution is -2.43. The van der Waals surface area contributed by atoms with Crippen LogP contribution in [-0.4, -0.2) is 66.0 Å². The van der Waals surface area contributed by atoms with Crippen LogP contribution in [0.5, 0.6) is 0 Å². The number of hydrogen-bond acceptors (Lipinski definition) is 5. The van der Waals surface area contributed by atoms with E-state index in [0.717, 1.165) is 59.9 Å². The van der Waals surface area contributed by atoms with Crippen molar-refractivity contribution in [3.05, 3.63) is 60.4 Å². The van der Waals surface area contributed by atoms with Gasteiger partial charge in [0.25, 0.3) is 5.91 Å². The fourth-order valence-electron chi connectivity index (χ4n) is 4.68. The number of carbonyl (C=O) groups excluding carboxylic acids is 1. The molecule has 0 saturated heterocycles. The van der Waals surface area contributed by atoms with Crippen LogP contribution in [0, 0.1) is 0 Å². The zero-order chi connectivity index (χ0) is 25.9. The number of amides is 1. The first-order valence-corrected chi connectivity index (χ1v) is 11.7. The van der Waals surface area contributed by atoms with E-state index in [1.165, 1.54) is 10.7 Å². The maximum atomic E-state index is 13.0. The predicted octanol–water partition coefficient (Wildman–Crippen LogP) is 3.87. The van der Waals surface area contributed by atoms with Crippen molar-refractivity contribution in [2.45, 2.75) is 32.2 Å². The van der Waals surface area contributed by atoms with E-state index in [1.807, 2.05) is 34.7 Å². The number of likely N-dealkylation sites (N-methyl/N-ethyl adjacent to an activating group) is 1. The Hall–Kier alpha value is -4.19. The summed E-state index contributed by atoms with van der Waals surface area (Å²) in [4.78, 5) is 22.7. The predicted molar refractivity (Wildman–Crippen MR) is 131 cm³/mol. The molecule has 2 N–H and O–H groups in total. The van der Waals surface area contributed by atoms with E-state index in [2.05, 4.69) is 38.2 Å². The molecule has 1 atom stereocenters. The Labute approximate surface area is 208 Å². The van der Waals surface area contributed by atoms with E-state index in [-0.39, 0.29) is 5.56 Å². The SMILES string of the molecule is C[C@@H](NC(=O)c1cnn2ccc(-c3c[nH]c4ncc(-c5cnn6c5CN(C)CC6)cc34)cc12)C(F)(F)F. The van der Waals surface area contributed by atoms with Gasteiger partial charge in [-0.15, -0.1) is 0 Å². The standard InChI is InChI=1S/C25H23F3N8O/c1-14(25(26,27)28)33-24(37)20-12-32-35-4-3-15(8-21(20)35)18-10-30-23-17(18)7-16(9-29-23)19-11-31-36-6-5-34(2)13-22(19)36/h3-4,7-12,14H,5-6,13H2,1-2H3,(H,29,30)(H,33,37)/t14-/m1/s1. The van der Waals surface area contributed by atoms with Gasteiger partial charge in [-0.25, -0.2) is 9.50 Å². The molecule has 6 heterocycles. The first-order chi connectivity index (χ1) is 17.7. The highest BCUT2D eigenvalue weighted by molar-refractivity contribution is 6.02. The summed E-state index contributed by atoms with van der Waals surface area (Å²) in [5.74, 6) is -0.837. The summed E-state index contributed by atoms with van der Waals surface area (Å²) < 4.78 is 42.4. The third-order valence-electron chi connectivity index (χ3n) is 6.82.